The zero-order valence-electron chi connectivity index (χ0n) is 18.4. The van der Waals surface area contributed by atoms with Crippen molar-refractivity contribution < 1.29 is 0 Å². The Kier molecular flexibility index (Phi) is 6.26. The number of anilines is 2. The van der Waals surface area contributed by atoms with Gasteiger partial charge in [0.2, 0.25) is 0 Å². The summed E-state index contributed by atoms with van der Waals surface area (Å²) >= 11 is 0. The highest BCUT2D eigenvalue weighted by Gasteiger charge is 2.15. The molecular formula is C25H27N7. The van der Waals surface area contributed by atoms with Gasteiger partial charge in [0, 0.05) is 41.8 Å². The van der Waals surface area contributed by atoms with Gasteiger partial charge in [0.1, 0.15) is 5.82 Å². The second kappa shape index (κ2) is 9.43. The van der Waals surface area contributed by atoms with E-state index in [2.05, 4.69) is 55.6 Å². The Bertz CT molecular complexity index is 1240. The lowest BCUT2D eigenvalue weighted by Gasteiger charge is -2.13. The Morgan fingerprint density at radius 3 is 2.78 bits per heavy atom. The van der Waals surface area contributed by atoms with Crippen molar-refractivity contribution >= 4 is 28.1 Å². The van der Waals surface area contributed by atoms with Crippen molar-refractivity contribution in [3.63, 3.8) is 0 Å². The molecule has 0 aliphatic carbocycles. The van der Waals surface area contributed by atoms with E-state index in [-0.39, 0.29) is 0 Å². The summed E-state index contributed by atoms with van der Waals surface area (Å²) in [6.45, 7) is 10.6. The number of imidazole rings is 1. The van der Waals surface area contributed by atoms with Crippen LogP contribution in [-0.4, -0.2) is 32.0 Å². The highest BCUT2D eigenvalue weighted by molar-refractivity contribution is 5.87. The molecule has 0 saturated carbocycles. The van der Waals surface area contributed by atoms with Crippen LogP contribution in [0.2, 0.25) is 0 Å². The summed E-state index contributed by atoms with van der Waals surface area (Å²) in [6.07, 6.45) is 10.3. The zero-order valence-corrected chi connectivity index (χ0v) is 18.4. The number of fused-ring (bicyclic) bond motifs is 1. The van der Waals surface area contributed by atoms with Gasteiger partial charge in [0.15, 0.2) is 5.65 Å². The van der Waals surface area contributed by atoms with E-state index < -0.39 is 0 Å². The highest BCUT2D eigenvalue weighted by atomic mass is 15.0. The first-order chi connectivity index (χ1) is 15.6. The molecule has 7 nitrogen and oxygen atoms in total. The van der Waals surface area contributed by atoms with Gasteiger partial charge in [-0.2, -0.15) is 0 Å². The van der Waals surface area contributed by atoms with Crippen LogP contribution in [0, 0.1) is 0 Å². The number of H-pyrrole nitrogens is 1. The Morgan fingerprint density at radius 2 is 2.00 bits per heavy atom. The second-order valence-electron chi connectivity index (χ2n) is 7.60. The van der Waals surface area contributed by atoms with Crippen LogP contribution in [0.15, 0.2) is 67.9 Å². The van der Waals surface area contributed by atoms with Gasteiger partial charge in [0.25, 0.3) is 0 Å². The molecule has 0 atom stereocenters. The van der Waals surface area contributed by atoms with Crippen LogP contribution in [0.4, 0.5) is 11.4 Å². The predicted octanol–water partition coefficient (Wildman–Crippen LogP) is 5.63. The fourth-order valence-corrected chi connectivity index (χ4v) is 3.48. The number of rotatable bonds is 9. The largest absolute Gasteiger partial charge is 0.386 e. The first-order valence-corrected chi connectivity index (χ1v) is 10.7. The summed E-state index contributed by atoms with van der Waals surface area (Å²) in [5.41, 5.74) is 7.64. The van der Waals surface area contributed by atoms with Crippen LogP contribution in [-0.2, 0) is 0 Å². The van der Waals surface area contributed by atoms with E-state index in [0.717, 1.165) is 64.2 Å². The molecule has 32 heavy (non-hydrogen) atoms. The van der Waals surface area contributed by atoms with Crippen molar-refractivity contribution in [2.75, 3.05) is 17.7 Å². The molecular weight excluding hydrogens is 398 g/mol. The number of nitrogens with zero attached hydrogens (tertiary/aromatic N) is 4. The number of aromatic nitrogens is 5. The molecule has 0 unspecified atom stereocenters. The van der Waals surface area contributed by atoms with E-state index in [1.165, 1.54) is 0 Å². The molecule has 0 aliphatic heterocycles. The van der Waals surface area contributed by atoms with Gasteiger partial charge in [-0.15, -0.1) is 0 Å². The van der Waals surface area contributed by atoms with Crippen molar-refractivity contribution in [1.29, 1.82) is 0 Å². The lowest BCUT2D eigenvalue weighted by Crippen LogP contribution is -2.01. The molecule has 4 heterocycles. The molecule has 0 aromatic carbocycles. The van der Waals surface area contributed by atoms with E-state index in [0.29, 0.717) is 11.5 Å². The topological polar surface area (TPSA) is 91.4 Å². The Balaban J connectivity index is 1.65. The first-order valence-electron chi connectivity index (χ1n) is 10.7. The second-order valence-corrected chi connectivity index (χ2v) is 7.60. The Labute approximate surface area is 187 Å². The van der Waals surface area contributed by atoms with Crippen molar-refractivity contribution in [2.45, 2.75) is 26.2 Å². The SMILES string of the molecule is C=C(CCCC)Nc1cncc(-c2cc(C(=C)c3nc4ncccc4[nH]3)c(NC)cn2)c1. The van der Waals surface area contributed by atoms with E-state index in [9.17, 15) is 0 Å². The summed E-state index contributed by atoms with van der Waals surface area (Å²) in [4.78, 5) is 21.2. The fourth-order valence-electron chi connectivity index (χ4n) is 3.48. The van der Waals surface area contributed by atoms with Gasteiger partial charge in [0.05, 0.1) is 35.0 Å². The molecule has 0 amide bonds. The van der Waals surface area contributed by atoms with Crippen LogP contribution >= 0.6 is 0 Å². The van der Waals surface area contributed by atoms with Gasteiger partial charge in [-0.1, -0.05) is 26.5 Å². The van der Waals surface area contributed by atoms with E-state index in [1.807, 2.05) is 31.3 Å². The van der Waals surface area contributed by atoms with Crippen molar-refractivity contribution in [3.8, 4) is 11.3 Å². The third kappa shape index (κ3) is 4.51. The monoisotopic (exact) mass is 425 g/mol. The van der Waals surface area contributed by atoms with Crippen molar-refractivity contribution in [1.82, 2.24) is 24.9 Å². The van der Waals surface area contributed by atoms with Crippen LogP contribution in [0.3, 0.4) is 0 Å². The van der Waals surface area contributed by atoms with Gasteiger partial charge in [-0.05, 0) is 37.1 Å². The maximum absolute atomic E-state index is 4.63. The molecule has 3 N–H and O–H groups in total. The third-order valence-corrected chi connectivity index (χ3v) is 5.23. The normalized spacial score (nSPS) is 10.8. The number of unbranched alkanes of at least 4 members (excludes halogenated alkanes) is 1. The maximum Gasteiger partial charge on any atom is 0.178 e. The lowest BCUT2D eigenvalue weighted by atomic mass is 10.0. The number of hydrogen-bond acceptors (Lipinski definition) is 6. The molecule has 0 saturated heterocycles. The lowest BCUT2D eigenvalue weighted by molar-refractivity contribution is 0.791. The minimum Gasteiger partial charge on any atom is -0.386 e. The first kappa shape index (κ1) is 21.2. The smallest absolute Gasteiger partial charge is 0.178 e. The van der Waals surface area contributed by atoms with Crippen molar-refractivity contribution in [2.24, 2.45) is 0 Å². The van der Waals surface area contributed by atoms with Crippen molar-refractivity contribution in [3.05, 3.63) is 79.3 Å². The summed E-state index contributed by atoms with van der Waals surface area (Å²) in [6, 6.07) is 7.85. The number of pyridine rings is 3. The minimum absolute atomic E-state index is 0.662. The van der Waals surface area contributed by atoms with Crippen LogP contribution < -0.4 is 10.6 Å². The van der Waals surface area contributed by atoms with Crippen LogP contribution in [0.5, 0.6) is 0 Å². The Morgan fingerprint density at radius 1 is 1.12 bits per heavy atom. The summed E-state index contributed by atoms with van der Waals surface area (Å²) in [7, 11) is 1.86. The predicted molar refractivity (Wildman–Crippen MR) is 131 cm³/mol. The summed E-state index contributed by atoms with van der Waals surface area (Å²) in [5, 5.41) is 6.55. The molecule has 4 aromatic heterocycles. The van der Waals surface area contributed by atoms with Crippen LogP contribution in [0.1, 0.15) is 37.6 Å². The number of aromatic amines is 1. The molecule has 162 valence electrons. The van der Waals surface area contributed by atoms with Gasteiger partial charge in [-0.25, -0.2) is 9.97 Å². The molecule has 0 spiro atoms. The molecule has 0 bridgehead atoms. The minimum atomic E-state index is 0.662. The average molecular weight is 426 g/mol. The quantitative estimate of drug-likeness (QED) is 0.322. The van der Waals surface area contributed by atoms with E-state index >= 15 is 0 Å². The average Bonchev–Trinajstić information content (AvgIpc) is 3.26. The van der Waals surface area contributed by atoms with Gasteiger partial charge in [-0.3, -0.25) is 9.97 Å². The zero-order chi connectivity index (χ0) is 22.5. The molecule has 4 rings (SSSR count). The maximum atomic E-state index is 4.63. The number of nitrogens with one attached hydrogen (secondary N) is 3. The van der Waals surface area contributed by atoms with Crippen LogP contribution in [0.25, 0.3) is 28.0 Å². The molecule has 0 aliphatic rings. The standard InChI is InChI=1S/C25H27N7/c1-5-6-8-16(2)30-19-11-18(13-27-14-19)22-12-20(23(26-4)15-29-22)17(3)24-31-21-9-7-10-28-25(21)32-24/h7,9-15,26,30H,2-3,5-6,8H2,1,4H3,(H,28,31,32). The number of allylic oxidation sites excluding steroid dienone is 1. The Hall–Kier alpha value is -4.00. The number of hydrogen-bond donors (Lipinski definition) is 3. The third-order valence-electron chi connectivity index (χ3n) is 5.23. The highest BCUT2D eigenvalue weighted by Crippen LogP contribution is 2.31. The molecule has 4 aromatic rings. The summed E-state index contributed by atoms with van der Waals surface area (Å²) in [5.74, 6) is 0.674. The van der Waals surface area contributed by atoms with Gasteiger partial charge >= 0.3 is 0 Å². The van der Waals surface area contributed by atoms with Gasteiger partial charge < -0.3 is 15.6 Å². The van der Waals surface area contributed by atoms with E-state index in [4.69, 9.17) is 0 Å². The van der Waals surface area contributed by atoms with E-state index in [1.54, 1.807) is 24.8 Å². The molecule has 0 fully saturated rings. The molecule has 7 heteroatoms. The fraction of sp³-hybridized carbons (Fsp3) is 0.200. The summed E-state index contributed by atoms with van der Waals surface area (Å²) < 4.78 is 0. The molecule has 0 radical (unpaired) electrons.